The van der Waals surface area contributed by atoms with Gasteiger partial charge in [0, 0.05) is 0 Å². The second-order valence-electron chi connectivity index (χ2n) is 3.44. The summed E-state index contributed by atoms with van der Waals surface area (Å²) in [6.45, 7) is 3.43. The fraction of sp³-hybridized carbons (Fsp3) is 0.273. The number of alkyl halides is 6. The van der Waals surface area contributed by atoms with Crippen LogP contribution in [0.5, 0.6) is 5.75 Å². The molecule has 0 saturated heterocycles. The Labute approximate surface area is 118 Å². The van der Waals surface area contributed by atoms with Crippen molar-refractivity contribution in [3.8, 4) is 5.75 Å². The number of hydrogen-bond donors (Lipinski definition) is 0. The van der Waals surface area contributed by atoms with Crippen LogP contribution in [0, 0.1) is 0 Å². The lowest BCUT2D eigenvalue weighted by Gasteiger charge is -2.22. The summed E-state index contributed by atoms with van der Waals surface area (Å²) in [6.07, 6.45) is -12.9. The molecule has 0 N–H and O–H groups in total. The summed E-state index contributed by atoms with van der Waals surface area (Å²) in [5.74, 6) is -0.547. The van der Waals surface area contributed by atoms with Gasteiger partial charge in [0.25, 0.3) is 0 Å². The van der Waals surface area contributed by atoms with Crippen molar-refractivity contribution in [2.75, 3.05) is 0 Å². The molecule has 1 aromatic rings. The maximum absolute atomic E-state index is 13.1. The van der Waals surface area contributed by atoms with Gasteiger partial charge in [0.1, 0.15) is 5.75 Å². The lowest BCUT2D eigenvalue weighted by Crippen LogP contribution is -2.41. The molecule has 2 nitrogen and oxygen atoms in total. The van der Waals surface area contributed by atoms with E-state index in [9.17, 15) is 26.3 Å². The van der Waals surface area contributed by atoms with Crippen molar-refractivity contribution < 1.29 is 35.8 Å². The van der Waals surface area contributed by atoms with Crippen LogP contribution in [0.3, 0.4) is 0 Å². The molecular weight excluding hydrogens is 358 g/mol. The molecule has 20 heavy (non-hydrogen) atoms. The molecule has 0 aliphatic rings. The van der Waals surface area contributed by atoms with Crippen LogP contribution in [0.1, 0.15) is 5.56 Å². The van der Waals surface area contributed by atoms with Gasteiger partial charge in [-0.1, -0.05) is 18.7 Å². The molecule has 0 amide bonds. The van der Waals surface area contributed by atoms with E-state index < -0.39 is 24.6 Å². The van der Waals surface area contributed by atoms with Crippen molar-refractivity contribution in [1.29, 1.82) is 0 Å². The molecule has 0 unspecified atom stereocenters. The normalized spacial score (nSPS) is 13.9. The quantitative estimate of drug-likeness (QED) is 0.692. The van der Waals surface area contributed by atoms with Gasteiger partial charge in [0.15, 0.2) is 0 Å². The predicted octanol–water partition coefficient (Wildman–Crippen LogP) is 4.90. The van der Waals surface area contributed by atoms with Crippen LogP contribution in [-0.2, 0) is 4.74 Å². The monoisotopic (exact) mass is 364 g/mol. The van der Waals surface area contributed by atoms with E-state index in [1.54, 1.807) is 0 Å². The first kappa shape index (κ1) is 16.8. The van der Waals surface area contributed by atoms with Gasteiger partial charge < -0.3 is 4.74 Å². The maximum atomic E-state index is 13.1. The highest BCUT2D eigenvalue weighted by Crippen LogP contribution is 2.35. The second-order valence-corrected chi connectivity index (χ2v) is 4.29. The van der Waals surface area contributed by atoms with E-state index in [2.05, 4.69) is 32.0 Å². The van der Waals surface area contributed by atoms with Gasteiger partial charge in [0.2, 0.25) is 0 Å². The predicted molar refractivity (Wildman–Crippen MR) is 61.8 cm³/mol. The molecule has 0 saturated carbocycles. The molecule has 1 rings (SSSR count). The van der Waals surface area contributed by atoms with Crippen LogP contribution >= 0.6 is 15.9 Å². The SMILES string of the molecule is C=Cc1ccc(OC(F)(F)[C@@H](F)OC(F)(F)F)c(Br)c1. The fourth-order valence-electron chi connectivity index (χ4n) is 1.11. The van der Waals surface area contributed by atoms with Crippen molar-refractivity contribution in [2.24, 2.45) is 0 Å². The van der Waals surface area contributed by atoms with Crippen molar-refractivity contribution in [1.82, 2.24) is 0 Å². The van der Waals surface area contributed by atoms with E-state index in [4.69, 9.17) is 0 Å². The minimum absolute atomic E-state index is 0.00576. The lowest BCUT2D eigenvalue weighted by molar-refractivity contribution is -0.411. The smallest absolute Gasteiger partial charge is 0.427 e. The molecular formula is C11H7BrF6O2. The first-order valence-electron chi connectivity index (χ1n) is 4.92. The number of benzene rings is 1. The molecule has 0 bridgehead atoms. The third-order valence-corrected chi connectivity index (χ3v) is 2.56. The summed E-state index contributed by atoms with van der Waals surface area (Å²) >= 11 is 2.86. The van der Waals surface area contributed by atoms with Crippen molar-refractivity contribution in [3.63, 3.8) is 0 Å². The van der Waals surface area contributed by atoms with Gasteiger partial charge in [0.05, 0.1) is 4.47 Å². The summed E-state index contributed by atoms with van der Waals surface area (Å²) in [5, 5.41) is 0. The standard InChI is InChI=1S/C11H7BrF6O2/c1-2-6-3-4-8(7(12)5-6)19-10(14,15)9(13)20-11(16,17)18/h2-5,9H,1H2/t9-/m0/s1. The van der Waals surface area contributed by atoms with Gasteiger partial charge in [-0.05, 0) is 33.6 Å². The van der Waals surface area contributed by atoms with E-state index in [1.807, 2.05) is 0 Å². The van der Waals surface area contributed by atoms with Gasteiger partial charge in [-0.15, -0.1) is 13.2 Å². The number of halogens is 7. The Morgan fingerprint density at radius 1 is 1.20 bits per heavy atom. The Morgan fingerprint density at radius 2 is 1.80 bits per heavy atom. The molecule has 0 fully saturated rings. The Bertz CT molecular complexity index is 488. The zero-order valence-corrected chi connectivity index (χ0v) is 11.1. The van der Waals surface area contributed by atoms with Gasteiger partial charge in [-0.25, -0.2) is 9.13 Å². The van der Waals surface area contributed by atoms with E-state index in [1.165, 1.54) is 18.2 Å². The first-order chi connectivity index (χ1) is 9.05. The summed E-state index contributed by atoms with van der Waals surface area (Å²) < 4.78 is 80.6. The fourth-order valence-corrected chi connectivity index (χ4v) is 1.58. The zero-order valence-electron chi connectivity index (χ0n) is 9.56. The van der Waals surface area contributed by atoms with E-state index in [0.717, 1.165) is 6.07 Å². The summed E-state index contributed by atoms with van der Waals surface area (Å²) in [7, 11) is 0. The Morgan fingerprint density at radius 3 is 2.25 bits per heavy atom. The average molecular weight is 365 g/mol. The van der Waals surface area contributed by atoms with Crippen LogP contribution in [0.15, 0.2) is 29.3 Å². The summed E-state index contributed by atoms with van der Waals surface area (Å²) in [5.41, 5.74) is 0.538. The highest BCUT2D eigenvalue weighted by atomic mass is 79.9. The summed E-state index contributed by atoms with van der Waals surface area (Å²) in [6, 6.07) is 3.65. The van der Waals surface area contributed by atoms with Crippen molar-refractivity contribution in [3.05, 3.63) is 34.8 Å². The Hall–Kier alpha value is -1.22. The number of hydrogen-bond acceptors (Lipinski definition) is 2. The van der Waals surface area contributed by atoms with Crippen LogP contribution in [0.2, 0.25) is 0 Å². The van der Waals surface area contributed by atoms with Gasteiger partial charge in [-0.2, -0.15) is 8.78 Å². The lowest BCUT2D eigenvalue weighted by atomic mass is 10.2. The maximum Gasteiger partial charge on any atom is 0.525 e. The molecule has 9 heteroatoms. The zero-order chi connectivity index (χ0) is 15.6. The largest absolute Gasteiger partial charge is 0.525 e. The minimum atomic E-state index is -5.55. The van der Waals surface area contributed by atoms with Crippen LogP contribution < -0.4 is 4.74 Å². The molecule has 0 aliphatic heterocycles. The highest BCUT2D eigenvalue weighted by Gasteiger charge is 2.50. The summed E-state index contributed by atoms with van der Waals surface area (Å²) in [4.78, 5) is 0. The second kappa shape index (κ2) is 6.04. The number of ether oxygens (including phenoxy) is 2. The van der Waals surface area contributed by atoms with Crippen LogP contribution in [-0.4, -0.2) is 18.8 Å². The molecule has 1 aromatic carbocycles. The molecule has 0 radical (unpaired) electrons. The highest BCUT2D eigenvalue weighted by molar-refractivity contribution is 9.10. The Kier molecular flexibility index (Phi) is 5.09. The van der Waals surface area contributed by atoms with E-state index in [0.29, 0.717) is 5.56 Å². The molecule has 0 aliphatic carbocycles. The molecule has 1 atom stereocenters. The van der Waals surface area contributed by atoms with Crippen molar-refractivity contribution in [2.45, 2.75) is 18.8 Å². The van der Waals surface area contributed by atoms with E-state index >= 15 is 0 Å². The van der Waals surface area contributed by atoms with Crippen LogP contribution in [0.25, 0.3) is 6.08 Å². The molecule has 0 heterocycles. The molecule has 0 aromatic heterocycles. The minimum Gasteiger partial charge on any atom is -0.427 e. The third-order valence-electron chi connectivity index (χ3n) is 1.94. The van der Waals surface area contributed by atoms with Gasteiger partial charge in [-0.3, -0.25) is 0 Å². The molecule has 0 spiro atoms. The third kappa shape index (κ3) is 4.71. The average Bonchev–Trinajstić information content (AvgIpc) is 2.29. The number of rotatable bonds is 5. The topological polar surface area (TPSA) is 18.5 Å². The van der Waals surface area contributed by atoms with Gasteiger partial charge >= 0.3 is 18.8 Å². The first-order valence-corrected chi connectivity index (χ1v) is 5.72. The van der Waals surface area contributed by atoms with E-state index in [-0.39, 0.29) is 4.47 Å². The molecule has 112 valence electrons. The van der Waals surface area contributed by atoms with Crippen LogP contribution in [0.4, 0.5) is 26.3 Å². The Balaban J connectivity index is 2.87. The van der Waals surface area contributed by atoms with Crippen molar-refractivity contribution >= 4 is 22.0 Å².